The van der Waals surface area contributed by atoms with Crippen molar-refractivity contribution in [2.45, 2.75) is 0 Å². The Labute approximate surface area is 382 Å². The van der Waals surface area contributed by atoms with Crippen LogP contribution in [0, 0.1) is 22.7 Å². The first kappa shape index (κ1) is 38.5. The van der Waals surface area contributed by atoms with Crippen molar-refractivity contribution in [3.63, 3.8) is 0 Å². The maximum atomic E-state index is 12.0. The molecule has 12 rings (SSSR count). The molecule has 306 valence electrons. The van der Waals surface area contributed by atoms with Gasteiger partial charge in [-0.25, -0.2) is 0 Å². The molecule has 66 heavy (non-hydrogen) atoms. The van der Waals surface area contributed by atoms with E-state index in [0.717, 1.165) is 111 Å². The number of hydrogen-bond donors (Lipinski definition) is 0. The van der Waals surface area contributed by atoms with Crippen LogP contribution >= 0.6 is 0 Å². The van der Waals surface area contributed by atoms with Crippen LogP contribution < -0.4 is 0 Å². The second-order valence-corrected chi connectivity index (χ2v) is 16.7. The van der Waals surface area contributed by atoms with E-state index in [0.29, 0.717) is 11.1 Å². The summed E-state index contributed by atoms with van der Waals surface area (Å²) >= 11 is 0. The van der Waals surface area contributed by atoms with Gasteiger partial charge in [-0.05, 0) is 92.5 Å². The Kier molecular flexibility index (Phi) is 9.23. The molecule has 0 aliphatic carbocycles. The summed E-state index contributed by atoms with van der Waals surface area (Å²) in [4.78, 5) is 0. The highest BCUT2D eigenvalue weighted by Gasteiger charge is 2.25. The van der Waals surface area contributed by atoms with Gasteiger partial charge < -0.3 is 9.13 Å². The molecule has 0 saturated carbocycles. The van der Waals surface area contributed by atoms with Gasteiger partial charge in [0.05, 0.1) is 45.1 Å². The topological polar surface area (TPSA) is 57.4 Å². The van der Waals surface area contributed by atoms with Crippen LogP contribution in [0.15, 0.2) is 231 Å². The fourth-order valence-corrected chi connectivity index (χ4v) is 9.88. The van der Waals surface area contributed by atoms with Crippen molar-refractivity contribution < 1.29 is 0 Å². The van der Waals surface area contributed by atoms with Crippen LogP contribution in [-0.4, -0.2) is 9.13 Å². The number of nitriles is 2. The van der Waals surface area contributed by atoms with E-state index < -0.39 is 0 Å². The molecular weight excluding hydrogens is 801 g/mol. The molecule has 0 atom stereocenters. The lowest BCUT2D eigenvalue weighted by atomic mass is 9.96. The Balaban J connectivity index is 1.24. The highest BCUT2D eigenvalue weighted by molar-refractivity contribution is 6.14. The summed E-state index contributed by atoms with van der Waals surface area (Å²) in [5, 5.41) is 26.5. The molecule has 0 spiro atoms. The van der Waals surface area contributed by atoms with Gasteiger partial charge in [0.2, 0.25) is 0 Å². The zero-order valence-corrected chi connectivity index (χ0v) is 35.7. The lowest BCUT2D eigenvalue weighted by Gasteiger charge is -2.20. The Morgan fingerprint density at radius 1 is 0.288 bits per heavy atom. The van der Waals surface area contributed by atoms with E-state index in [1.54, 1.807) is 0 Å². The minimum absolute atomic E-state index is 0.512. The first-order chi connectivity index (χ1) is 32.6. The van der Waals surface area contributed by atoms with Crippen molar-refractivity contribution in [1.29, 1.82) is 10.5 Å². The van der Waals surface area contributed by atoms with Crippen LogP contribution in [0.25, 0.3) is 111 Å². The van der Waals surface area contributed by atoms with Gasteiger partial charge >= 0.3 is 0 Å². The highest BCUT2D eigenvalue weighted by Crippen LogP contribution is 2.44. The average molecular weight is 839 g/mol. The third-order valence-corrected chi connectivity index (χ3v) is 13.0. The maximum absolute atomic E-state index is 12.0. The number of aromatic nitrogens is 2. The first-order valence-corrected chi connectivity index (χ1v) is 22.1. The molecule has 4 heteroatoms. The molecule has 0 aliphatic heterocycles. The third kappa shape index (κ3) is 6.36. The van der Waals surface area contributed by atoms with Crippen molar-refractivity contribution >= 4 is 43.6 Å². The molecule has 10 aromatic carbocycles. The molecule has 2 aromatic heterocycles. The van der Waals surface area contributed by atoms with Crippen molar-refractivity contribution in [3.8, 4) is 79.1 Å². The summed E-state index contributed by atoms with van der Waals surface area (Å²) in [5.41, 5.74) is 17.0. The molecule has 0 N–H and O–H groups in total. The number of hydrogen-bond acceptors (Lipinski definition) is 2. The van der Waals surface area contributed by atoms with Gasteiger partial charge in [0.1, 0.15) is 11.6 Å². The second-order valence-electron chi connectivity index (χ2n) is 16.7. The molecule has 2 heterocycles. The van der Waals surface area contributed by atoms with Crippen LogP contribution in [0.1, 0.15) is 11.1 Å². The molecule has 0 radical (unpaired) electrons. The predicted molar refractivity (Wildman–Crippen MR) is 272 cm³/mol. The number of fused-ring (bicyclic) bond motifs is 6. The van der Waals surface area contributed by atoms with Crippen LogP contribution in [0.5, 0.6) is 0 Å². The number of benzene rings is 10. The van der Waals surface area contributed by atoms with Crippen molar-refractivity contribution in [2.24, 2.45) is 0 Å². The second kappa shape index (κ2) is 15.8. The number of rotatable bonds is 7. The SMILES string of the molecule is N#Cc1cccc(-c2ccc(-n3c4cc(-c5ccccc5)ccc4c4ccc(-c5ccccc5)cc43)c(C#N)c2-n2c3cc(-c4ccccc4)ccc3c3ccc(-c4ccccc4)cc32)c1. The third-order valence-electron chi connectivity index (χ3n) is 13.0. The molecule has 0 saturated heterocycles. The molecule has 12 aromatic rings. The molecule has 0 aliphatic rings. The Bertz CT molecular complexity index is 3730. The van der Waals surface area contributed by atoms with Gasteiger partial charge in [-0.3, -0.25) is 0 Å². The van der Waals surface area contributed by atoms with E-state index >= 15 is 0 Å². The lowest BCUT2D eigenvalue weighted by Crippen LogP contribution is -2.06. The highest BCUT2D eigenvalue weighted by atomic mass is 15.0. The van der Waals surface area contributed by atoms with Crippen LogP contribution in [0.2, 0.25) is 0 Å². The summed E-state index contributed by atoms with van der Waals surface area (Å²) in [6.07, 6.45) is 0. The van der Waals surface area contributed by atoms with E-state index in [9.17, 15) is 10.5 Å². The molecular formula is C62H38N4. The smallest absolute Gasteiger partial charge is 0.104 e. The first-order valence-electron chi connectivity index (χ1n) is 22.1. The van der Waals surface area contributed by atoms with Crippen LogP contribution in [0.4, 0.5) is 0 Å². The fourth-order valence-electron chi connectivity index (χ4n) is 9.88. The maximum Gasteiger partial charge on any atom is 0.104 e. The predicted octanol–water partition coefficient (Wildman–Crippen LogP) is 16.0. The van der Waals surface area contributed by atoms with Crippen molar-refractivity contribution in [2.75, 3.05) is 0 Å². The normalized spacial score (nSPS) is 11.3. The van der Waals surface area contributed by atoms with E-state index in [2.05, 4.69) is 203 Å². The van der Waals surface area contributed by atoms with E-state index in [1.807, 2.05) is 48.5 Å². The van der Waals surface area contributed by atoms with Crippen molar-refractivity contribution in [3.05, 3.63) is 242 Å². The number of nitrogens with zero attached hydrogens (tertiary/aromatic N) is 4. The fraction of sp³-hybridized carbons (Fsp3) is 0. The molecule has 4 nitrogen and oxygen atoms in total. The molecule has 0 unspecified atom stereocenters. The van der Waals surface area contributed by atoms with Gasteiger partial charge in [0.25, 0.3) is 0 Å². The van der Waals surface area contributed by atoms with Crippen LogP contribution in [0.3, 0.4) is 0 Å². The van der Waals surface area contributed by atoms with E-state index in [1.165, 1.54) is 0 Å². The molecule has 0 bridgehead atoms. The van der Waals surface area contributed by atoms with E-state index in [4.69, 9.17) is 0 Å². The van der Waals surface area contributed by atoms with Gasteiger partial charge in [0, 0.05) is 27.1 Å². The van der Waals surface area contributed by atoms with Gasteiger partial charge in [0.15, 0.2) is 0 Å². The van der Waals surface area contributed by atoms with Crippen molar-refractivity contribution in [1.82, 2.24) is 9.13 Å². The van der Waals surface area contributed by atoms with Gasteiger partial charge in [-0.2, -0.15) is 10.5 Å². The monoisotopic (exact) mass is 838 g/mol. The molecule has 0 fully saturated rings. The Hall–Kier alpha value is -9.22. The zero-order valence-electron chi connectivity index (χ0n) is 35.7. The summed E-state index contributed by atoms with van der Waals surface area (Å²) in [6.45, 7) is 0. The zero-order chi connectivity index (χ0) is 44.1. The lowest BCUT2D eigenvalue weighted by molar-refractivity contribution is 1.12. The summed E-state index contributed by atoms with van der Waals surface area (Å²) in [7, 11) is 0. The minimum atomic E-state index is 0.512. The Morgan fingerprint density at radius 2 is 0.667 bits per heavy atom. The van der Waals surface area contributed by atoms with Gasteiger partial charge in [-0.15, -0.1) is 0 Å². The minimum Gasteiger partial charge on any atom is -0.308 e. The Morgan fingerprint density at radius 3 is 1.05 bits per heavy atom. The largest absolute Gasteiger partial charge is 0.308 e. The quantitative estimate of drug-likeness (QED) is 0.161. The summed E-state index contributed by atoms with van der Waals surface area (Å²) < 4.78 is 4.60. The summed E-state index contributed by atoms with van der Waals surface area (Å²) in [5.74, 6) is 0. The average Bonchev–Trinajstić information content (AvgIpc) is 3.90. The van der Waals surface area contributed by atoms with Gasteiger partial charge in [-0.1, -0.05) is 188 Å². The van der Waals surface area contributed by atoms with Crippen LogP contribution in [-0.2, 0) is 0 Å². The molecule has 0 amide bonds. The van der Waals surface area contributed by atoms with E-state index in [-0.39, 0.29) is 0 Å². The summed E-state index contributed by atoms with van der Waals surface area (Å²) in [6, 6.07) is 85.6. The standard InChI is InChI=1S/C62H38N4/c63-39-41-14-13-23-50(34-41)51-32-33-57(65-58-35-46(42-15-5-1-6-16-42)24-28-52(58)53-29-25-47(36-59(53)65)43-17-7-2-8-18-43)56(40-64)62(51)66-60-37-48(44-19-9-3-10-20-44)26-30-54(60)55-31-27-49(38-61(55)66)45-21-11-4-12-22-45/h1-38H.